The monoisotopic (exact) mass is 456 g/mol. The molecule has 0 fully saturated rings. The van der Waals surface area contributed by atoms with Crippen LogP contribution >= 0.6 is 0 Å². The highest BCUT2D eigenvalue weighted by Crippen LogP contribution is 2.38. The lowest BCUT2D eigenvalue weighted by Gasteiger charge is -2.25. The molecular formula is C25H20N4O5. The number of aromatic nitrogens is 2. The number of para-hydroxylation sites is 2. The zero-order valence-electron chi connectivity index (χ0n) is 17.9. The number of carboxylic acid groups (broad SMARTS) is 1. The highest BCUT2D eigenvalue weighted by molar-refractivity contribution is 5.93. The van der Waals surface area contributed by atoms with E-state index in [1.165, 1.54) is 10.7 Å². The molecule has 1 aromatic heterocycles. The number of benzene rings is 3. The zero-order chi connectivity index (χ0) is 23.7. The van der Waals surface area contributed by atoms with E-state index in [4.69, 9.17) is 4.74 Å². The standard InChI is InChI=1S/C25H20N4O5/c30-25(31)23-22(16-10-12-18(13-11-16)34-17-6-2-1-3-7-17)27-24-20(14-15-26-28(23)24)19-8-4-5-9-21(19)29(32)33/h1-13,20,26H,14-15H2,(H,30,31). The number of nitrogens with one attached hydrogen (secondary N) is 1. The smallest absolute Gasteiger partial charge is 0.356 e. The van der Waals surface area contributed by atoms with E-state index >= 15 is 0 Å². The summed E-state index contributed by atoms with van der Waals surface area (Å²) in [5.41, 5.74) is 4.44. The van der Waals surface area contributed by atoms with E-state index in [1.54, 1.807) is 42.5 Å². The number of nitrogens with zero attached hydrogens (tertiary/aromatic N) is 3. The summed E-state index contributed by atoms with van der Waals surface area (Å²) in [7, 11) is 0. The number of fused-ring (bicyclic) bond motifs is 1. The van der Waals surface area contributed by atoms with Crippen LogP contribution in [0.1, 0.15) is 34.2 Å². The molecule has 9 heteroatoms. The van der Waals surface area contributed by atoms with Gasteiger partial charge in [-0.2, -0.15) is 0 Å². The van der Waals surface area contributed by atoms with Crippen molar-refractivity contribution >= 4 is 11.7 Å². The average molecular weight is 456 g/mol. The molecule has 0 saturated carbocycles. The van der Waals surface area contributed by atoms with Gasteiger partial charge in [-0.1, -0.05) is 36.4 Å². The number of ether oxygens (including phenoxy) is 1. The second kappa shape index (κ2) is 8.70. The van der Waals surface area contributed by atoms with Gasteiger partial charge in [-0.3, -0.25) is 10.1 Å². The molecule has 9 nitrogen and oxygen atoms in total. The highest BCUT2D eigenvalue weighted by atomic mass is 16.6. The zero-order valence-corrected chi connectivity index (χ0v) is 17.9. The van der Waals surface area contributed by atoms with Crippen LogP contribution in [-0.4, -0.2) is 32.2 Å². The molecule has 0 bridgehead atoms. The van der Waals surface area contributed by atoms with Gasteiger partial charge in [0.15, 0.2) is 5.69 Å². The molecule has 0 amide bonds. The molecule has 0 aliphatic carbocycles. The Morgan fingerprint density at radius 1 is 1.03 bits per heavy atom. The topological polar surface area (TPSA) is 120 Å². The van der Waals surface area contributed by atoms with Crippen LogP contribution in [-0.2, 0) is 0 Å². The Labute approximate surface area is 194 Å². The Morgan fingerprint density at radius 2 is 1.71 bits per heavy atom. The van der Waals surface area contributed by atoms with Gasteiger partial charge in [0.2, 0.25) is 0 Å². The third-order valence-electron chi connectivity index (χ3n) is 5.74. The maximum absolute atomic E-state index is 12.2. The first-order valence-electron chi connectivity index (χ1n) is 10.7. The van der Waals surface area contributed by atoms with Gasteiger partial charge in [0.05, 0.1) is 10.8 Å². The number of carbonyl (C=O) groups is 1. The molecule has 2 heterocycles. The normalized spacial score (nSPS) is 14.6. The van der Waals surface area contributed by atoms with Crippen LogP contribution in [0.2, 0.25) is 0 Å². The molecule has 1 aliphatic rings. The minimum absolute atomic E-state index is 0.00945. The summed E-state index contributed by atoms with van der Waals surface area (Å²) < 4.78 is 7.26. The molecule has 3 aromatic carbocycles. The van der Waals surface area contributed by atoms with Crippen LogP contribution in [0.4, 0.5) is 5.69 Å². The van der Waals surface area contributed by atoms with Crippen molar-refractivity contribution in [1.29, 1.82) is 0 Å². The van der Waals surface area contributed by atoms with Gasteiger partial charge in [-0.25, -0.2) is 14.5 Å². The van der Waals surface area contributed by atoms with E-state index in [1.807, 2.05) is 30.3 Å². The van der Waals surface area contributed by atoms with Crippen molar-refractivity contribution in [3.63, 3.8) is 0 Å². The molecule has 5 rings (SSSR count). The second-order valence-electron chi connectivity index (χ2n) is 7.81. The molecule has 0 spiro atoms. The Morgan fingerprint density at radius 3 is 2.41 bits per heavy atom. The summed E-state index contributed by atoms with van der Waals surface area (Å²) in [6.45, 7) is 0.448. The summed E-state index contributed by atoms with van der Waals surface area (Å²) in [4.78, 5) is 28.1. The first kappa shape index (κ1) is 21.2. The van der Waals surface area contributed by atoms with Gasteiger partial charge in [-0.05, 0) is 42.8 Å². The van der Waals surface area contributed by atoms with Gasteiger partial charge >= 0.3 is 5.97 Å². The van der Waals surface area contributed by atoms with Crippen molar-refractivity contribution in [2.24, 2.45) is 0 Å². The number of nitro benzene ring substituents is 1. The van der Waals surface area contributed by atoms with Gasteiger partial charge in [0, 0.05) is 23.7 Å². The quantitative estimate of drug-likeness (QED) is 0.308. The lowest BCUT2D eigenvalue weighted by atomic mass is 9.92. The molecule has 2 N–H and O–H groups in total. The lowest BCUT2D eigenvalue weighted by Crippen LogP contribution is -2.31. The van der Waals surface area contributed by atoms with Crippen LogP contribution in [0.3, 0.4) is 0 Å². The van der Waals surface area contributed by atoms with Crippen LogP contribution in [0.5, 0.6) is 11.5 Å². The van der Waals surface area contributed by atoms with Crippen molar-refractivity contribution < 1.29 is 19.6 Å². The summed E-state index contributed by atoms with van der Waals surface area (Å²) >= 11 is 0. The molecule has 0 saturated heterocycles. The van der Waals surface area contributed by atoms with E-state index < -0.39 is 16.8 Å². The van der Waals surface area contributed by atoms with Crippen molar-refractivity contribution in [3.8, 4) is 22.8 Å². The van der Waals surface area contributed by atoms with Crippen molar-refractivity contribution in [2.45, 2.75) is 12.3 Å². The van der Waals surface area contributed by atoms with Crippen molar-refractivity contribution in [2.75, 3.05) is 12.0 Å². The third kappa shape index (κ3) is 3.83. The van der Waals surface area contributed by atoms with Crippen LogP contribution in [0, 0.1) is 10.1 Å². The van der Waals surface area contributed by atoms with Gasteiger partial charge in [-0.15, -0.1) is 0 Å². The van der Waals surface area contributed by atoms with E-state index in [0.29, 0.717) is 41.4 Å². The number of aromatic carboxylic acids is 1. The number of imidazole rings is 1. The van der Waals surface area contributed by atoms with E-state index in [2.05, 4.69) is 10.4 Å². The fourth-order valence-corrected chi connectivity index (χ4v) is 4.23. The van der Waals surface area contributed by atoms with E-state index in [0.717, 1.165) is 0 Å². The van der Waals surface area contributed by atoms with E-state index in [-0.39, 0.29) is 17.1 Å². The first-order valence-corrected chi connectivity index (χ1v) is 10.7. The molecule has 0 radical (unpaired) electrons. The predicted octanol–water partition coefficient (Wildman–Crippen LogP) is 5.03. The maximum Gasteiger partial charge on any atom is 0.356 e. The van der Waals surface area contributed by atoms with Crippen LogP contribution < -0.4 is 10.2 Å². The summed E-state index contributed by atoms with van der Waals surface area (Å²) in [5, 5.41) is 21.6. The fraction of sp³-hybridized carbons (Fsp3) is 0.120. The Balaban J connectivity index is 1.55. The predicted molar refractivity (Wildman–Crippen MR) is 125 cm³/mol. The lowest BCUT2D eigenvalue weighted by molar-refractivity contribution is -0.385. The number of carboxylic acids is 1. The minimum Gasteiger partial charge on any atom is -0.476 e. The van der Waals surface area contributed by atoms with Gasteiger partial charge in [0.1, 0.15) is 23.0 Å². The summed E-state index contributed by atoms with van der Waals surface area (Å²) in [5.74, 6) is 0.157. The molecule has 1 aliphatic heterocycles. The second-order valence-corrected chi connectivity index (χ2v) is 7.81. The molecule has 4 aromatic rings. The largest absolute Gasteiger partial charge is 0.476 e. The summed E-state index contributed by atoms with van der Waals surface area (Å²) in [6.07, 6.45) is 0.546. The molecule has 1 atom stereocenters. The van der Waals surface area contributed by atoms with Crippen LogP contribution in [0.25, 0.3) is 11.3 Å². The highest BCUT2D eigenvalue weighted by Gasteiger charge is 2.34. The van der Waals surface area contributed by atoms with Crippen LogP contribution in [0.15, 0.2) is 78.9 Å². The summed E-state index contributed by atoms with van der Waals surface area (Å²) in [6, 6.07) is 22.8. The average Bonchev–Trinajstić information content (AvgIpc) is 3.25. The Bertz CT molecular complexity index is 1370. The first-order chi connectivity index (χ1) is 16.5. The third-order valence-corrected chi connectivity index (χ3v) is 5.74. The molecular weight excluding hydrogens is 436 g/mol. The maximum atomic E-state index is 12.2. The Hall–Kier alpha value is -4.66. The number of nitro groups is 1. The molecule has 1 unspecified atom stereocenters. The minimum atomic E-state index is -1.14. The van der Waals surface area contributed by atoms with Crippen molar-refractivity contribution in [1.82, 2.24) is 9.66 Å². The van der Waals surface area contributed by atoms with Crippen molar-refractivity contribution in [3.05, 3.63) is 106 Å². The fourth-order valence-electron chi connectivity index (χ4n) is 4.23. The van der Waals surface area contributed by atoms with E-state index in [9.17, 15) is 20.0 Å². The number of hydrogen-bond donors (Lipinski definition) is 2. The van der Waals surface area contributed by atoms with Gasteiger partial charge < -0.3 is 15.3 Å². The number of rotatable bonds is 6. The SMILES string of the molecule is O=C(O)c1c(-c2ccc(Oc3ccccc3)cc2)nc2n1NCCC2c1ccccc1[N+](=O)[O-]. The molecule has 34 heavy (non-hydrogen) atoms. The molecule has 170 valence electrons. The number of hydrogen-bond acceptors (Lipinski definition) is 6. The van der Waals surface area contributed by atoms with Gasteiger partial charge in [0.25, 0.3) is 5.69 Å². The Kier molecular flexibility index (Phi) is 5.43.